The number of hydroxylamine groups is 1. The molecule has 0 aromatic heterocycles. The average molecular weight is 219 g/mol. The number of methoxy groups -OCH3 is 1. The summed E-state index contributed by atoms with van der Waals surface area (Å²) < 4.78 is 51.9. The summed E-state index contributed by atoms with van der Waals surface area (Å²) in [5.41, 5.74) is 1.19. The Morgan fingerprint density at radius 1 is 1.43 bits per heavy atom. The van der Waals surface area contributed by atoms with Gasteiger partial charge in [0.15, 0.2) is 0 Å². The van der Waals surface area contributed by atoms with E-state index in [9.17, 15) is 22.4 Å². The maximum absolute atomic E-state index is 12.2. The molecule has 0 atom stereocenters. The van der Waals surface area contributed by atoms with Crippen molar-refractivity contribution in [2.24, 2.45) is 0 Å². The van der Waals surface area contributed by atoms with Gasteiger partial charge in [-0.1, -0.05) is 0 Å². The highest BCUT2D eigenvalue weighted by Crippen LogP contribution is 2.22. The number of alkyl halides is 4. The average Bonchev–Trinajstić information content (AvgIpc) is 2.11. The Bertz CT molecular complexity index is 188. The third-order valence-corrected chi connectivity index (χ3v) is 1.13. The van der Waals surface area contributed by atoms with Crippen molar-refractivity contribution < 1.29 is 31.9 Å². The molecule has 0 saturated carbocycles. The van der Waals surface area contributed by atoms with E-state index in [-0.39, 0.29) is 13.2 Å². The molecule has 1 amide bonds. The molecule has 0 saturated heterocycles. The second-order valence-corrected chi connectivity index (χ2v) is 2.20. The van der Waals surface area contributed by atoms with Crippen molar-refractivity contribution >= 4 is 5.91 Å². The first-order valence-electron chi connectivity index (χ1n) is 3.50. The maximum Gasteiger partial charge on any atom is 0.385 e. The zero-order valence-electron chi connectivity index (χ0n) is 7.23. The van der Waals surface area contributed by atoms with Gasteiger partial charge in [-0.2, -0.15) is 8.78 Å². The highest BCUT2D eigenvalue weighted by Gasteiger charge is 2.49. The highest BCUT2D eigenvalue weighted by atomic mass is 19.3. The monoisotopic (exact) mass is 219 g/mol. The third-order valence-electron chi connectivity index (χ3n) is 1.13. The molecule has 1 N–H and O–H groups in total. The summed E-state index contributed by atoms with van der Waals surface area (Å²) in [5.74, 6) is -6.92. The first-order valence-corrected chi connectivity index (χ1v) is 3.50. The van der Waals surface area contributed by atoms with Gasteiger partial charge in [-0.05, 0) is 0 Å². The second-order valence-electron chi connectivity index (χ2n) is 2.20. The lowest BCUT2D eigenvalue weighted by atomic mass is 10.3. The fourth-order valence-electron chi connectivity index (χ4n) is 0.409. The Kier molecular flexibility index (Phi) is 5.39. The molecular formula is C6H9F4NO3. The smallest absolute Gasteiger partial charge is 0.382 e. The molecule has 0 unspecified atom stereocenters. The van der Waals surface area contributed by atoms with E-state index in [0.29, 0.717) is 0 Å². The van der Waals surface area contributed by atoms with Crippen LogP contribution >= 0.6 is 0 Å². The van der Waals surface area contributed by atoms with E-state index in [4.69, 9.17) is 0 Å². The summed E-state index contributed by atoms with van der Waals surface area (Å²) in [7, 11) is 1.32. The lowest BCUT2D eigenvalue weighted by Crippen LogP contribution is -2.45. The van der Waals surface area contributed by atoms with Crippen LogP contribution in [0, 0.1) is 0 Å². The van der Waals surface area contributed by atoms with Crippen LogP contribution < -0.4 is 5.48 Å². The van der Waals surface area contributed by atoms with E-state index < -0.39 is 18.3 Å². The van der Waals surface area contributed by atoms with Crippen molar-refractivity contribution in [2.75, 3.05) is 20.3 Å². The van der Waals surface area contributed by atoms with Crippen molar-refractivity contribution in [1.82, 2.24) is 5.48 Å². The summed E-state index contributed by atoms with van der Waals surface area (Å²) in [6.07, 6.45) is -4.06. The number of carbonyl (C=O) groups excluding carboxylic acids is 1. The normalized spacial score (nSPS) is 11.9. The van der Waals surface area contributed by atoms with Gasteiger partial charge < -0.3 is 4.74 Å². The number of ether oxygens (including phenoxy) is 1. The number of rotatable bonds is 6. The first kappa shape index (κ1) is 13.1. The fraction of sp³-hybridized carbons (Fsp3) is 0.833. The van der Waals surface area contributed by atoms with Gasteiger partial charge in [0.2, 0.25) is 0 Å². The van der Waals surface area contributed by atoms with Gasteiger partial charge in [-0.15, -0.1) is 0 Å². The molecule has 84 valence electrons. The molecule has 8 heteroatoms. The summed E-state index contributed by atoms with van der Waals surface area (Å²) in [5, 5.41) is 0. The Balaban J connectivity index is 3.84. The van der Waals surface area contributed by atoms with E-state index in [2.05, 4.69) is 9.57 Å². The molecule has 14 heavy (non-hydrogen) atoms. The van der Waals surface area contributed by atoms with Gasteiger partial charge >= 0.3 is 18.3 Å². The zero-order chi connectivity index (χ0) is 11.2. The van der Waals surface area contributed by atoms with Crippen LogP contribution in [0.1, 0.15) is 0 Å². The minimum Gasteiger partial charge on any atom is -0.382 e. The predicted molar refractivity (Wildman–Crippen MR) is 36.9 cm³/mol. The van der Waals surface area contributed by atoms with Crippen LogP contribution in [0.5, 0.6) is 0 Å². The van der Waals surface area contributed by atoms with E-state index in [1.807, 2.05) is 0 Å². The van der Waals surface area contributed by atoms with E-state index in [1.165, 1.54) is 12.6 Å². The van der Waals surface area contributed by atoms with Crippen LogP contribution in [-0.2, 0) is 14.4 Å². The van der Waals surface area contributed by atoms with Gasteiger partial charge in [0.05, 0.1) is 13.2 Å². The highest BCUT2D eigenvalue weighted by molar-refractivity contribution is 5.82. The van der Waals surface area contributed by atoms with E-state index in [1.54, 1.807) is 0 Å². The van der Waals surface area contributed by atoms with E-state index >= 15 is 0 Å². The Hall–Kier alpha value is -0.890. The van der Waals surface area contributed by atoms with Gasteiger partial charge in [-0.25, -0.2) is 14.3 Å². The largest absolute Gasteiger partial charge is 0.385 e. The van der Waals surface area contributed by atoms with Gasteiger partial charge in [0, 0.05) is 7.11 Å². The van der Waals surface area contributed by atoms with Crippen molar-refractivity contribution in [3.05, 3.63) is 0 Å². The summed E-state index contributed by atoms with van der Waals surface area (Å²) in [6, 6.07) is 0. The fourth-order valence-corrected chi connectivity index (χ4v) is 0.409. The lowest BCUT2D eigenvalue weighted by Gasteiger charge is -2.14. The molecule has 0 bridgehead atoms. The predicted octanol–water partition coefficient (Wildman–Crippen LogP) is 0.581. The molecule has 0 fully saturated rings. The molecule has 4 nitrogen and oxygen atoms in total. The minimum absolute atomic E-state index is 0.0422. The topological polar surface area (TPSA) is 47.6 Å². The van der Waals surface area contributed by atoms with Crippen LogP contribution in [0.4, 0.5) is 17.6 Å². The summed E-state index contributed by atoms with van der Waals surface area (Å²) in [6.45, 7) is -0.165. The molecule has 0 aromatic carbocycles. The number of hydrogen-bond acceptors (Lipinski definition) is 3. The summed E-state index contributed by atoms with van der Waals surface area (Å²) in [4.78, 5) is 14.5. The molecular weight excluding hydrogens is 210 g/mol. The Morgan fingerprint density at radius 2 is 2.00 bits per heavy atom. The number of hydrogen-bond donors (Lipinski definition) is 1. The molecule has 0 radical (unpaired) electrons. The van der Waals surface area contributed by atoms with Crippen molar-refractivity contribution in [1.29, 1.82) is 0 Å². The lowest BCUT2D eigenvalue weighted by molar-refractivity contribution is -0.181. The van der Waals surface area contributed by atoms with Gasteiger partial charge in [-0.3, -0.25) is 9.63 Å². The first-order chi connectivity index (χ1) is 6.42. The van der Waals surface area contributed by atoms with Crippen molar-refractivity contribution in [3.63, 3.8) is 0 Å². The zero-order valence-corrected chi connectivity index (χ0v) is 7.23. The number of amides is 1. The standard InChI is InChI=1S/C6H9F4NO3/c1-13-2-3-14-11-5(12)6(9,10)4(7)8/h4H,2-3H2,1H3,(H,11,12). The van der Waals surface area contributed by atoms with Crippen LogP contribution in [0.25, 0.3) is 0 Å². The van der Waals surface area contributed by atoms with Crippen LogP contribution in [0.2, 0.25) is 0 Å². The summed E-state index contributed by atoms with van der Waals surface area (Å²) >= 11 is 0. The molecule has 0 aliphatic carbocycles. The van der Waals surface area contributed by atoms with Crippen molar-refractivity contribution in [2.45, 2.75) is 12.3 Å². The Labute approximate surface area is 77.1 Å². The number of nitrogens with one attached hydrogen (secondary N) is 1. The van der Waals surface area contributed by atoms with Gasteiger partial charge in [0.25, 0.3) is 0 Å². The van der Waals surface area contributed by atoms with Gasteiger partial charge in [0.1, 0.15) is 0 Å². The number of halogens is 4. The quantitative estimate of drug-likeness (QED) is 0.404. The second kappa shape index (κ2) is 5.76. The third kappa shape index (κ3) is 3.88. The number of carbonyl (C=O) groups is 1. The molecule has 0 rings (SSSR count). The molecule has 0 aromatic rings. The Morgan fingerprint density at radius 3 is 2.43 bits per heavy atom. The van der Waals surface area contributed by atoms with Crippen LogP contribution in [-0.4, -0.2) is 38.6 Å². The van der Waals surface area contributed by atoms with E-state index in [0.717, 1.165) is 0 Å². The molecule has 0 aliphatic rings. The molecule has 0 aliphatic heterocycles. The van der Waals surface area contributed by atoms with Crippen LogP contribution in [0.3, 0.4) is 0 Å². The molecule has 0 heterocycles. The maximum atomic E-state index is 12.2. The SMILES string of the molecule is COCCONC(=O)C(F)(F)C(F)F. The minimum atomic E-state index is -4.74. The van der Waals surface area contributed by atoms with Crippen LogP contribution in [0.15, 0.2) is 0 Å². The van der Waals surface area contributed by atoms with Crippen molar-refractivity contribution in [3.8, 4) is 0 Å². The molecule has 0 spiro atoms.